The van der Waals surface area contributed by atoms with Crippen molar-refractivity contribution in [3.63, 3.8) is 0 Å². The lowest BCUT2D eigenvalue weighted by Crippen LogP contribution is -2.42. The zero-order valence-electron chi connectivity index (χ0n) is 14.1. The minimum absolute atomic E-state index is 0.239. The zero-order chi connectivity index (χ0) is 16.1. The number of hydrogen-bond acceptors (Lipinski definition) is 3. The highest BCUT2D eigenvalue weighted by atomic mass is 16.5. The summed E-state index contributed by atoms with van der Waals surface area (Å²) in [5.74, 6) is 3.04. The van der Waals surface area contributed by atoms with Crippen LogP contribution in [-0.2, 0) is 11.2 Å². The van der Waals surface area contributed by atoms with Crippen molar-refractivity contribution in [2.24, 2.45) is 11.8 Å². The predicted octanol–water partition coefficient (Wildman–Crippen LogP) is 3.14. The Balaban J connectivity index is 1.98. The molecule has 1 fully saturated rings. The molecule has 0 radical (unpaired) electrons. The number of ether oxygens (including phenoxy) is 2. The van der Waals surface area contributed by atoms with Crippen LogP contribution in [0.3, 0.4) is 0 Å². The van der Waals surface area contributed by atoms with Gasteiger partial charge in [-0.3, -0.25) is 4.79 Å². The highest BCUT2D eigenvalue weighted by molar-refractivity contribution is 5.76. The zero-order valence-corrected chi connectivity index (χ0v) is 14.1. The van der Waals surface area contributed by atoms with E-state index in [1.165, 1.54) is 6.42 Å². The summed E-state index contributed by atoms with van der Waals surface area (Å²) in [5.41, 5.74) is 1.02. The molecule has 1 aromatic carbocycles. The SMILES string of the molecule is COc1ccc(OC)c(CCC(=O)N2CC(C)CC(C)C2)c1. The first-order chi connectivity index (χ1) is 10.5. The Bertz CT molecular complexity index is 505. The molecule has 22 heavy (non-hydrogen) atoms. The van der Waals surface area contributed by atoms with Crippen LogP contribution in [0.25, 0.3) is 0 Å². The van der Waals surface area contributed by atoms with Gasteiger partial charge in [0.15, 0.2) is 0 Å². The summed E-state index contributed by atoms with van der Waals surface area (Å²) in [4.78, 5) is 14.5. The van der Waals surface area contributed by atoms with Gasteiger partial charge in [0.2, 0.25) is 5.91 Å². The number of methoxy groups -OCH3 is 2. The molecule has 0 aliphatic carbocycles. The van der Waals surface area contributed by atoms with E-state index in [0.717, 1.165) is 30.2 Å². The lowest BCUT2D eigenvalue weighted by molar-refractivity contribution is -0.133. The molecule has 1 aliphatic rings. The van der Waals surface area contributed by atoms with Gasteiger partial charge in [-0.25, -0.2) is 0 Å². The predicted molar refractivity (Wildman–Crippen MR) is 87.4 cm³/mol. The van der Waals surface area contributed by atoms with Crippen LogP contribution in [0.4, 0.5) is 0 Å². The van der Waals surface area contributed by atoms with E-state index >= 15 is 0 Å². The van der Waals surface area contributed by atoms with Crippen molar-refractivity contribution in [3.05, 3.63) is 23.8 Å². The van der Waals surface area contributed by atoms with Gasteiger partial charge in [0.05, 0.1) is 14.2 Å². The van der Waals surface area contributed by atoms with Crippen LogP contribution < -0.4 is 9.47 Å². The lowest BCUT2D eigenvalue weighted by atomic mass is 9.91. The number of likely N-dealkylation sites (tertiary alicyclic amines) is 1. The third-order valence-corrected chi connectivity index (χ3v) is 4.32. The first-order valence-corrected chi connectivity index (χ1v) is 8.02. The summed E-state index contributed by atoms with van der Waals surface area (Å²) in [6, 6.07) is 5.72. The number of carbonyl (C=O) groups is 1. The van der Waals surface area contributed by atoms with Crippen LogP contribution in [0.1, 0.15) is 32.3 Å². The first kappa shape index (κ1) is 16.7. The molecule has 2 rings (SSSR count). The summed E-state index contributed by atoms with van der Waals surface area (Å²) in [5, 5.41) is 0. The molecule has 0 spiro atoms. The molecule has 1 aromatic rings. The summed E-state index contributed by atoms with van der Waals surface area (Å²) < 4.78 is 10.6. The Labute approximate surface area is 133 Å². The number of aryl methyl sites for hydroxylation is 1. The first-order valence-electron chi connectivity index (χ1n) is 8.02. The van der Waals surface area contributed by atoms with Crippen molar-refractivity contribution < 1.29 is 14.3 Å². The molecule has 122 valence electrons. The number of carbonyl (C=O) groups excluding carboxylic acids is 1. The Kier molecular flexibility index (Phi) is 5.69. The van der Waals surface area contributed by atoms with E-state index in [1.54, 1.807) is 14.2 Å². The molecule has 2 unspecified atom stereocenters. The number of piperidine rings is 1. The quantitative estimate of drug-likeness (QED) is 0.839. The van der Waals surface area contributed by atoms with Crippen LogP contribution in [0.15, 0.2) is 18.2 Å². The maximum absolute atomic E-state index is 12.5. The van der Waals surface area contributed by atoms with Gasteiger partial charge >= 0.3 is 0 Å². The molecule has 4 nitrogen and oxygen atoms in total. The molecule has 0 aromatic heterocycles. The average Bonchev–Trinajstić information content (AvgIpc) is 2.51. The Morgan fingerprint density at radius 3 is 2.45 bits per heavy atom. The topological polar surface area (TPSA) is 38.8 Å². The number of benzene rings is 1. The van der Waals surface area contributed by atoms with Crippen molar-refractivity contribution in [1.29, 1.82) is 0 Å². The van der Waals surface area contributed by atoms with Crippen LogP contribution in [0, 0.1) is 11.8 Å². The van der Waals surface area contributed by atoms with E-state index < -0.39 is 0 Å². The fourth-order valence-electron chi connectivity index (χ4n) is 3.34. The largest absolute Gasteiger partial charge is 0.497 e. The molecule has 1 aliphatic heterocycles. The Morgan fingerprint density at radius 1 is 1.18 bits per heavy atom. The molecule has 0 bridgehead atoms. The summed E-state index contributed by atoms with van der Waals surface area (Å²) >= 11 is 0. The fourth-order valence-corrected chi connectivity index (χ4v) is 3.34. The number of nitrogens with zero attached hydrogens (tertiary/aromatic N) is 1. The molecule has 0 saturated carbocycles. The second-order valence-electron chi connectivity index (χ2n) is 6.42. The molecule has 0 N–H and O–H groups in total. The standard InChI is InChI=1S/C18H27NO3/c1-13-9-14(2)12-19(11-13)18(20)8-5-15-10-16(21-3)6-7-17(15)22-4/h6-7,10,13-14H,5,8-9,11-12H2,1-4H3. The maximum Gasteiger partial charge on any atom is 0.222 e. The van der Waals surface area contributed by atoms with Gasteiger partial charge in [0.1, 0.15) is 11.5 Å². The highest BCUT2D eigenvalue weighted by Gasteiger charge is 2.25. The summed E-state index contributed by atoms with van der Waals surface area (Å²) in [6.07, 6.45) is 2.41. The summed E-state index contributed by atoms with van der Waals surface area (Å²) in [7, 11) is 3.30. The second-order valence-corrected chi connectivity index (χ2v) is 6.42. The molecule has 2 atom stereocenters. The van der Waals surface area contributed by atoms with Gasteiger partial charge in [0.25, 0.3) is 0 Å². The van der Waals surface area contributed by atoms with Crippen LogP contribution >= 0.6 is 0 Å². The second kappa shape index (κ2) is 7.52. The fraction of sp³-hybridized carbons (Fsp3) is 0.611. The molecule has 4 heteroatoms. The van der Waals surface area contributed by atoms with E-state index in [2.05, 4.69) is 13.8 Å². The molecule has 1 saturated heterocycles. The van der Waals surface area contributed by atoms with Gasteiger partial charge in [-0.15, -0.1) is 0 Å². The Morgan fingerprint density at radius 2 is 1.86 bits per heavy atom. The lowest BCUT2D eigenvalue weighted by Gasteiger charge is -2.35. The van der Waals surface area contributed by atoms with Crippen molar-refractivity contribution in [2.75, 3.05) is 27.3 Å². The van der Waals surface area contributed by atoms with Gasteiger partial charge in [-0.05, 0) is 48.4 Å². The van der Waals surface area contributed by atoms with E-state index in [1.807, 2.05) is 23.1 Å². The van der Waals surface area contributed by atoms with Crippen LogP contribution in [-0.4, -0.2) is 38.1 Å². The van der Waals surface area contributed by atoms with Gasteiger partial charge in [-0.2, -0.15) is 0 Å². The van der Waals surface area contributed by atoms with Gasteiger partial charge in [0, 0.05) is 19.5 Å². The molecular formula is C18H27NO3. The number of hydrogen-bond donors (Lipinski definition) is 0. The van der Waals surface area contributed by atoms with Gasteiger partial charge < -0.3 is 14.4 Å². The minimum atomic E-state index is 0.239. The maximum atomic E-state index is 12.5. The smallest absolute Gasteiger partial charge is 0.222 e. The normalized spacial score (nSPS) is 21.5. The Hall–Kier alpha value is -1.71. The van der Waals surface area contributed by atoms with Crippen LogP contribution in [0.5, 0.6) is 11.5 Å². The van der Waals surface area contributed by atoms with E-state index in [9.17, 15) is 4.79 Å². The molecular weight excluding hydrogens is 278 g/mol. The van der Waals surface area contributed by atoms with Crippen molar-refractivity contribution in [2.45, 2.75) is 33.1 Å². The van der Waals surface area contributed by atoms with Crippen molar-refractivity contribution in [3.8, 4) is 11.5 Å². The molecule has 1 amide bonds. The van der Waals surface area contributed by atoms with E-state index in [0.29, 0.717) is 24.7 Å². The third-order valence-electron chi connectivity index (χ3n) is 4.32. The highest BCUT2D eigenvalue weighted by Crippen LogP contribution is 2.26. The average molecular weight is 305 g/mol. The third kappa shape index (κ3) is 4.15. The van der Waals surface area contributed by atoms with E-state index in [4.69, 9.17) is 9.47 Å². The minimum Gasteiger partial charge on any atom is -0.497 e. The number of amides is 1. The van der Waals surface area contributed by atoms with Gasteiger partial charge in [-0.1, -0.05) is 13.8 Å². The van der Waals surface area contributed by atoms with Crippen LogP contribution in [0.2, 0.25) is 0 Å². The summed E-state index contributed by atoms with van der Waals surface area (Å²) in [6.45, 7) is 6.22. The number of rotatable bonds is 5. The van der Waals surface area contributed by atoms with E-state index in [-0.39, 0.29) is 5.91 Å². The van der Waals surface area contributed by atoms with Crippen molar-refractivity contribution in [1.82, 2.24) is 4.90 Å². The van der Waals surface area contributed by atoms with Crippen molar-refractivity contribution >= 4 is 5.91 Å². The monoisotopic (exact) mass is 305 g/mol. The molecule has 1 heterocycles.